The molecule has 0 aromatic heterocycles. The second kappa shape index (κ2) is 7.79. The van der Waals surface area contributed by atoms with E-state index in [1.54, 1.807) is 17.0 Å². The van der Waals surface area contributed by atoms with Crippen LogP contribution in [0, 0.1) is 6.92 Å². The Kier molecular flexibility index (Phi) is 6.38. The van der Waals surface area contributed by atoms with Crippen LogP contribution in [-0.2, 0) is 0 Å². The number of nitrogen functional groups attached to an aromatic ring is 1. The van der Waals surface area contributed by atoms with E-state index in [1.807, 2.05) is 13.0 Å². The van der Waals surface area contributed by atoms with Crippen molar-refractivity contribution >= 4 is 29.5 Å². The van der Waals surface area contributed by atoms with E-state index >= 15 is 0 Å². The van der Waals surface area contributed by atoms with E-state index in [2.05, 4.69) is 12.6 Å². The molecule has 1 saturated heterocycles. The van der Waals surface area contributed by atoms with Gasteiger partial charge in [0.15, 0.2) is 0 Å². The fraction of sp³-hybridized carbons (Fsp3) is 0.429. The van der Waals surface area contributed by atoms with Crippen molar-refractivity contribution < 1.29 is 9.59 Å². The van der Waals surface area contributed by atoms with Gasteiger partial charge >= 0.3 is 6.03 Å². The highest BCUT2D eigenvalue weighted by Gasteiger charge is 2.11. The average molecular weight is 295 g/mol. The first-order valence-electron chi connectivity index (χ1n) is 6.55. The zero-order valence-corrected chi connectivity index (χ0v) is 12.5. The van der Waals surface area contributed by atoms with Gasteiger partial charge in [-0.25, -0.2) is 4.79 Å². The van der Waals surface area contributed by atoms with Gasteiger partial charge in [-0.05, 0) is 43.9 Å². The van der Waals surface area contributed by atoms with Crippen LogP contribution in [0.15, 0.2) is 18.2 Å². The van der Waals surface area contributed by atoms with Gasteiger partial charge in [-0.3, -0.25) is 4.79 Å². The van der Waals surface area contributed by atoms with E-state index < -0.39 is 0 Å². The molecular weight excluding hydrogens is 274 g/mol. The van der Waals surface area contributed by atoms with Crippen LogP contribution >= 0.6 is 12.6 Å². The molecule has 1 aliphatic rings. The van der Waals surface area contributed by atoms with Gasteiger partial charge in [0, 0.05) is 18.8 Å². The molecule has 0 unspecified atom stereocenters. The van der Waals surface area contributed by atoms with Crippen LogP contribution in [0.3, 0.4) is 0 Å². The Morgan fingerprint density at radius 1 is 1.20 bits per heavy atom. The number of amides is 2. The minimum Gasteiger partial charge on any atom is -0.398 e. The fourth-order valence-electron chi connectivity index (χ4n) is 1.99. The van der Waals surface area contributed by atoms with Crippen molar-refractivity contribution in [2.45, 2.75) is 26.2 Å². The maximum Gasteiger partial charge on any atom is 0.314 e. The monoisotopic (exact) mass is 295 g/mol. The van der Waals surface area contributed by atoms with E-state index in [1.165, 1.54) is 6.42 Å². The van der Waals surface area contributed by atoms with Crippen molar-refractivity contribution in [3.8, 4) is 0 Å². The molecule has 1 aromatic rings. The van der Waals surface area contributed by atoms with Crippen molar-refractivity contribution in [3.05, 3.63) is 29.3 Å². The molecule has 0 bridgehead atoms. The summed E-state index contributed by atoms with van der Waals surface area (Å²) in [6.45, 7) is 3.63. The lowest BCUT2D eigenvalue weighted by atomic mass is 10.1. The number of benzene rings is 1. The SMILES string of the molecule is Cc1ccc(C(=O)S)c(N)c1.NC(=O)N1CCCCC1. The summed E-state index contributed by atoms with van der Waals surface area (Å²) < 4.78 is 0. The van der Waals surface area contributed by atoms with Crippen LogP contribution in [0.2, 0.25) is 0 Å². The van der Waals surface area contributed by atoms with Crippen LogP contribution in [0.5, 0.6) is 0 Å². The van der Waals surface area contributed by atoms with Crippen molar-refractivity contribution in [2.24, 2.45) is 5.73 Å². The molecule has 4 N–H and O–H groups in total. The molecule has 20 heavy (non-hydrogen) atoms. The lowest BCUT2D eigenvalue weighted by molar-refractivity contribution is 0.109. The predicted octanol–water partition coefficient (Wildman–Crippen LogP) is 2.20. The Hall–Kier alpha value is -1.69. The largest absolute Gasteiger partial charge is 0.398 e. The zero-order valence-electron chi connectivity index (χ0n) is 11.6. The Balaban J connectivity index is 0.000000204. The maximum atomic E-state index is 10.8. The molecule has 0 atom stereocenters. The lowest BCUT2D eigenvalue weighted by Gasteiger charge is -2.24. The third kappa shape index (κ3) is 5.13. The highest BCUT2D eigenvalue weighted by molar-refractivity contribution is 7.97. The number of hydrogen-bond donors (Lipinski definition) is 3. The summed E-state index contributed by atoms with van der Waals surface area (Å²) in [5.74, 6) is 0. The van der Waals surface area contributed by atoms with Gasteiger partial charge < -0.3 is 16.4 Å². The molecule has 1 fully saturated rings. The van der Waals surface area contributed by atoms with Crippen LogP contribution < -0.4 is 11.5 Å². The van der Waals surface area contributed by atoms with Crippen molar-refractivity contribution in [3.63, 3.8) is 0 Å². The van der Waals surface area contributed by atoms with Crippen molar-refractivity contribution in [1.29, 1.82) is 0 Å². The Morgan fingerprint density at radius 3 is 2.20 bits per heavy atom. The van der Waals surface area contributed by atoms with Crippen molar-refractivity contribution in [2.75, 3.05) is 18.8 Å². The number of piperidine rings is 1. The number of anilines is 1. The number of primary amides is 1. The molecule has 2 amide bonds. The number of urea groups is 1. The Bertz CT molecular complexity index is 485. The third-order valence-corrected chi connectivity index (χ3v) is 3.35. The van der Waals surface area contributed by atoms with Gasteiger partial charge in [-0.1, -0.05) is 6.07 Å². The van der Waals surface area contributed by atoms with E-state index in [4.69, 9.17) is 11.5 Å². The van der Waals surface area contributed by atoms with Crippen LogP contribution in [-0.4, -0.2) is 29.1 Å². The summed E-state index contributed by atoms with van der Waals surface area (Å²) in [4.78, 5) is 23.0. The highest BCUT2D eigenvalue weighted by Crippen LogP contribution is 2.15. The molecule has 1 heterocycles. The summed E-state index contributed by atoms with van der Waals surface area (Å²) in [7, 11) is 0. The lowest BCUT2D eigenvalue weighted by Crippen LogP contribution is -2.39. The van der Waals surface area contributed by atoms with E-state index in [9.17, 15) is 9.59 Å². The number of carbonyl (C=O) groups excluding carboxylic acids is 2. The number of thiol groups is 1. The molecule has 1 aliphatic heterocycles. The molecule has 2 rings (SSSR count). The standard InChI is InChI=1S/C8H9NOS.C6H12N2O/c1-5-2-3-6(8(10)11)7(9)4-5;7-6(9)8-4-2-1-3-5-8/h2-4H,9H2,1H3,(H,10,11);1-5H2,(H2,7,9). The zero-order chi connectivity index (χ0) is 15.1. The van der Waals surface area contributed by atoms with E-state index in [-0.39, 0.29) is 11.1 Å². The highest BCUT2D eigenvalue weighted by atomic mass is 32.1. The first-order valence-corrected chi connectivity index (χ1v) is 7.00. The summed E-state index contributed by atoms with van der Waals surface area (Å²) >= 11 is 3.67. The minimum absolute atomic E-state index is 0.269. The Morgan fingerprint density at radius 2 is 1.80 bits per heavy atom. The van der Waals surface area contributed by atoms with Crippen LogP contribution in [0.4, 0.5) is 10.5 Å². The number of nitrogens with two attached hydrogens (primary N) is 2. The second-order valence-electron chi connectivity index (χ2n) is 4.78. The smallest absolute Gasteiger partial charge is 0.314 e. The summed E-state index contributed by atoms with van der Waals surface area (Å²) in [6, 6.07) is 5.00. The first kappa shape index (κ1) is 16.4. The summed E-state index contributed by atoms with van der Waals surface area (Å²) in [6.07, 6.45) is 3.47. The summed E-state index contributed by atoms with van der Waals surface area (Å²) in [5, 5.41) is -0.289. The van der Waals surface area contributed by atoms with Crippen LogP contribution in [0.25, 0.3) is 0 Å². The predicted molar refractivity (Wildman–Crippen MR) is 83.9 cm³/mol. The van der Waals surface area contributed by atoms with Gasteiger partial charge in [0.2, 0.25) is 5.12 Å². The quantitative estimate of drug-likeness (QED) is 0.548. The van der Waals surface area contributed by atoms with Crippen LogP contribution in [0.1, 0.15) is 35.2 Å². The Labute approximate surface area is 124 Å². The molecule has 110 valence electrons. The van der Waals surface area contributed by atoms with Gasteiger partial charge in [-0.2, -0.15) is 0 Å². The normalized spacial score (nSPS) is 14.2. The summed E-state index contributed by atoms with van der Waals surface area (Å²) in [5.41, 5.74) is 12.6. The molecule has 6 heteroatoms. The first-order chi connectivity index (χ1) is 9.41. The topological polar surface area (TPSA) is 89.4 Å². The van der Waals surface area contributed by atoms with Gasteiger partial charge in [0.1, 0.15) is 0 Å². The minimum atomic E-state index is -0.289. The van der Waals surface area contributed by atoms with Gasteiger partial charge in [0.05, 0.1) is 5.56 Å². The second-order valence-corrected chi connectivity index (χ2v) is 5.19. The molecule has 5 nitrogen and oxygen atoms in total. The number of nitrogens with zero attached hydrogens (tertiary/aromatic N) is 1. The molecular formula is C14H21N3O2S. The van der Waals surface area contributed by atoms with Gasteiger partial charge in [-0.15, -0.1) is 12.6 Å². The third-order valence-electron chi connectivity index (χ3n) is 3.11. The molecule has 0 radical (unpaired) electrons. The maximum absolute atomic E-state index is 10.8. The van der Waals surface area contributed by atoms with E-state index in [0.29, 0.717) is 11.3 Å². The number of rotatable bonds is 1. The number of hydrogen-bond acceptors (Lipinski definition) is 3. The van der Waals surface area contributed by atoms with E-state index in [0.717, 1.165) is 31.5 Å². The molecule has 1 aromatic carbocycles. The van der Waals surface area contributed by atoms with Crippen molar-refractivity contribution in [1.82, 2.24) is 4.90 Å². The number of carbonyl (C=O) groups is 2. The number of aryl methyl sites for hydroxylation is 1. The molecule has 0 saturated carbocycles. The number of likely N-dealkylation sites (tertiary alicyclic amines) is 1. The molecule has 0 aliphatic carbocycles. The average Bonchev–Trinajstić information content (AvgIpc) is 2.40. The fourth-order valence-corrected chi connectivity index (χ4v) is 2.19. The van der Waals surface area contributed by atoms with Gasteiger partial charge in [0.25, 0.3) is 0 Å². The molecule has 0 spiro atoms.